The van der Waals surface area contributed by atoms with E-state index in [-0.39, 0.29) is 5.82 Å². The third kappa shape index (κ3) is 1.92. The van der Waals surface area contributed by atoms with Crippen molar-refractivity contribution >= 4 is 22.6 Å². The number of benzene rings is 1. The van der Waals surface area contributed by atoms with E-state index in [2.05, 4.69) is 27.6 Å². The lowest BCUT2D eigenvalue weighted by atomic mass is 10.1. The summed E-state index contributed by atoms with van der Waals surface area (Å²) in [4.78, 5) is 4.22. The molecule has 0 spiro atoms. The fraction of sp³-hybridized carbons (Fsp3) is 0. The Hall–Kier alpha value is -0.970. The topological polar surface area (TPSA) is 12.9 Å². The summed E-state index contributed by atoms with van der Waals surface area (Å²) in [6.07, 6.45) is 1.71. The van der Waals surface area contributed by atoms with Gasteiger partial charge in [0, 0.05) is 15.3 Å². The molecule has 0 radical (unpaired) electrons. The van der Waals surface area contributed by atoms with Crippen LogP contribution in [0, 0.1) is 9.39 Å². The Morgan fingerprint density at radius 1 is 1.14 bits per heavy atom. The Morgan fingerprint density at radius 3 is 2.71 bits per heavy atom. The first-order valence-corrected chi connectivity index (χ1v) is 5.22. The van der Waals surface area contributed by atoms with E-state index in [0.717, 1.165) is 14.8 Å². The van der Waals surface area contributed by atoms with Crippen LogP contribution in [0.1, 0.15) is 0 Å². The molecule has 0 unspecified atom stereocenters. The van der Waals surface area contributed by atoms with Crippen molar-refractivity contribution in [2.45, 2.75) is 0 Å². The maximum absolute atomic E-state index is 13.0. The van der Waals surface area contributed by atoms with Gasteiger partial charge in [-0.3, -0.25) is 4.98 Å². The minimum absolute atomic E-state index is 0.232. The summed E-state index contributed by atoms with van der Waals surface area (Å²) in [6, 6.07) is 10.3. The van der Waals surface area contributed by atoms with Gasteiger partial charge in [-0.1, -0.05) is 12.1 Å². The summed E-state index contributed by atoms with van der Waals surface area (Å²) in [7, 11) is 0. The van der Waals surface area contributed by atoms with Crippen LogP contribution in [0.4, 0.5) is 4.39 Å². The van der Waals surface area contributed by atoms with Gasteiger partial charge in [-0.2, -0.15) is 0 Å². The van der Waals surface area contributed by atoms with Gasteiger partial charge in [0.1, 0.15) is 5.82 Å². The zero-order chi connectivity index (χ0) is 9.97. The molecule has 2 rings (SSSR count). The van der Waals surface area contributed by atoms with E-state index in [9.17, 15) is 4.39 Å². The highest BCUT2D eigenvalue weighted by molar-refractivity contribution is 14.1. The molecule has 0 amide bonds. The van der Waals surface area contributed by atoms with Gasteiger partial charge in [0.25, 0.3) is 0 Å². The standard InChI is InChI=1S/C11H7FIN/c12-9-4-1-3-8(7-9)11-10(13)5-2-6-14-11/h1-7H. The maximum atomic E-state index is 13.0. The summed E-state index contributed by atoms with van der Waals surface area (Å²) in [6.45, 7) is 0. The van der Waals surface area contributed by atoms with Crippen molar-refractivity contribution < 1.29 is 4.39 Å². The molecule has 0 N–H and O–H groups in total. The fourth-order valence-corrected chi connectivity index (χ4v) is 1.89. The Balaban J connectivity index is 2.55. The number of aromatic nitrogens is 1. The van der Waals surface area contributed by atoms with E-state index in [4.69, 9.17) is 0 Å². The Morgan fingerprint density at radius 2 is 2.00 bits per heavy atom. The molecule has 0 aliphatic rings. The van der Waals surface area contributed by atoms with Crippen molar-refractivity contribution in [2.75, 3.05) is 0 Å². The molecule has 70 valence electrons. The second-order valence-electron chi connectivity index (χ2n) is 2.84. The van der Waals surface area contributed by atoms with Crippen LogP contribution in [0.25, 0.3) is 11.3 Å². The van der Waals surface area contributed by atoms with Crippen molar-refractivity contribution in [3.05, 3.63) is 52.0 Å². The van der Waals surface area contributed by atoms with Gasteiger partial charge in [0.15, 0.2) is 0 Å². The number of rotatable bonds is 1. The number of pyridine rings is 1. The van der Waals surface area contributed by atoms with E-state index < -0.39 is 0 Å². The third-order valence-corrected chi connectivity index (χ3v) is 2.73. The molecule has 1 nitrogen and oxygen atoms in total. The van der Waals surface area contributed by atoms with Crippen LogP contribution >= 0.6 is 22.6 Å². The van der Waals surface area contributed by atoms with Crippen LogP contribution < -0.4 is 0 Å². The largest absolute Gasteiger partial charge is 0.255 e. The van der Waals surface area contributed by atoms with E-state index in [1.165, 1.54) is 12.1 Å². The van der Waals surface area contributed by atoms with Crippen LogP contribution in [0.3, 0.4) is 0 Å². The van der Waals surface area contributed by atoms with Crippen LogP contribution in [0.2, 0.25) is 0 Å². The first-order chi connectivity index (χ1) is 6.77. The molecule has 0 atom stereocenters. The van der Waals surface area contributed by atoms with E-state index in [0.29, 0.717) is 0 Å². The first-order valence-electron chi connectivity index (χ1n) is 4.14. The van der Waals surface area contributed by atoms with Crippen molar-refractivity contribution in [3.63, 3.8) is 0 Å². The Kier molecular flexibility index (Phi) is 2.77. The molecule has 1 aromatic carbocycles. The van der Waals surface area contributed by atoms with Gasteiger partial charge >= 0.3 is 0 Å². The van der Waals surface area contributed by atoms with Crippen LogP contribution in [0.15, 0.2) is 42.6 Å². The van der Waals surface area contributed by atoms with Gasteiger partial charge in [0.05, 0.1) is 5.69 Å². The van der Waals surface area contributed by atoms with Crippen molar-refractivity contribution in [1.82, 2.24) is 4.98 Å². The maximum Gasteiger partial charge on any atom is 0.123 e. The Bertz CT molecular complexity index is 457. The molecule has 1 aromatic heterocycles. The lowest BCUT2D eigenvalue weighted by molar-refractivity contribution is 0.628. The summed E-state index contributed by atoms with van der Waals surface area (Å²) in [5, 5.41) is 0. The average Bonchev–Trinajstić information content (AvgIpc) is 2.18. The van der Waals surface area contributed by atoms with Gasteiger partial charge in [0.2, 0.25) is 0 Å². The second-order valence-corrected chi connectivity index (χ2v) is 4.01. The number of halogens is 2. The van der Waals surface area contributed by atoms with Crippen molar-refractivity contribution in [1.29, 1.82) is 0 Å². The predicted octanol–water partition coefficient (Wildman–Crippen LogP) is 3.49. The predicted molar refractivity (Wildman–Crippen MR) is 62.3 cm³/mol. The zero-order valence-corrected chi connectivity index (χ0v) is 9.40. The summed E-state index contributed by atoms with van der Waals surface area (Å²) >= 11 is 2.19. The highest BCUT2D eigenvalue weighted by atomic mass is 127. The van der Waals surface area contributed by atoms with Crippen LogP contribution in [0.5, 0.6) is 0 Å². The van der Waals surface area contributed by atoms with Gasteiger partial charge in [-0.25, -0.2) is 4.39 Å². The quantitative estimate of drug-likeness (QED) is 0.735. The lowest BCUT2D eigenvalue weighted by Crippen LogP contribution is -1.87. The number of hydrogen-bond donors (Lipinski definition) is 0. The monoisotopic (exact) mass is 299 g/mol. The van der Waals surface area contributed by atoms with Crippen LogP contribution in [-0.4, -0.2) is 4.98 Å². The molecule has 0 aliphatic carbocycles. The summed E-state index contributed by atoms with van der Waals surface area (Å²) in [5.74, 6) is -0.232. The summed E-state index contributed by atoms with van der Waals surface area (Å²) in [5.41, 5.74) is 1.64. The molecule has 3 heteroatoms. The molecule has 0 bridgehead atoms. The zero-order valence-electron chi connectivity index (χ0n) is 7.24. The van der Waals surface area contributed by atoms with Crippen molar-refractivity contribution in [3.8, 4) is 11.3 Å². The molecule has 0 aliphatic heterocycles. The van der Waals surface area contributed by atoms with Gasteiger partial charge in [-0.15, -0.1) is 0 Å². The molecular weight excluding hydrogens is 292 g/mol. The SMILES string of the molecule is Fc1cccc(-c2ncccc2I)c1. The minimum Gasteiger partial charge on any atom is -0.255 e. The van der Waals surface area contributed by atoms with Crippen molar-refractivity contribution in [2.24, 2.45) is 0 Å². The number of nitrogens with zero attached hydrogens (tertiary/aromatic N) is 1. The molecular formula is C11H7FIN. The normalized spacial score (nSPS) is 10.1. The fourth-order valence-electron chi connectivity index (χ4n) is 1.23. The molecule has 0 saturated heterocycles. The highest BCUT2D eigenvalue weighted by Gasteiger charge is 2.03. The first kappa shape index (κ1) is 9.58. The van der Waals surface area contributed by atoms with E-state index >= 15 is 0 Å². The van der Waals surface area contributed by atoms with Crippen LogP contribution in [-0.2, 0) is 0 Å². The molecule has 0 fully saturated rings. The number of hydrogen-bond acceptors (Lipinski definition) is 1. The Labute approximate surface area is 95.1 Å². The van der Waals surface area contributed by atoms with E-state index in [1.54, 1.807) is 12.3 Å². The minimum atomic E-state index is -0.232. The summed E-state index contributed by atoms with van der Waals surface area (Å²) < 4.78 is 14.0. The molecule has 0 saturated carbocycles. The second kappa shape index (κ2) is 4.04. The molecule has 1 heterocycles. The molecule has 2 aromatic rings. The highest BCUT2D eigenvalue weighted by Crippen LogP contribution is 2.22. The molecule has 14 heavy (non-hydrogen) atoms. The smallest absolute Gasteiger partial charge is 0.123 e. The van der Waals surface area contributed by atoms with Gasteiger partial charge < -0.3 is 0 Å². The van der Waals surface area contributed by atoms with Gasteiger partial charge in [-0.05, 0) is 46.9 Å². The average molecular weight is 299 g/mol. The lowest BCUT2D eigenvalue weighted by Gasteiger charge is -2.02. The third-order valence-electron chi connectivity index (χ3n) is 1.86. The van der Waals surface area contributed by atoms with E-state index in [1.807, 2.05) is 18.2 Å².